The van der Waals surface area contributed by atoms with Gasteiger partial charge in [-0.05, 0) is 31.1 Å². The van der Waals surface area contributed by atoms with Gasteiger partial charge in [-0.15, -0.1) is 0 Å². The molecule has 1 fully saturated rings. The lowest BCUT2D eigenvalue weighted by atomic mass is 10.1. The second-order valence-corrected chi connectivity index (χ2v) is 5.47. The Labute approximate surface area is 117 Å². The van der Waals surface area contributed by atoms with Crippen molar-refractivity contribution in [3.63, 3.8) is 0 Å². The van der Waals surface area contributed by atoms with Crippen molar-refractivity contribution in [1.29, 1.82) is 0 Å². The van der Waals surface area contributed by atoms with Crippen molar-refractivity contribution in [3.05, 3.63) is 35.4 Å². The van der Waals surface area contributed by atoms with Gasteiger partial charge in [-0.1, -0.05) is 31.2 Å². The fourth-order valence-corrected chi connectivity index (χ4v) is 2.79. The molecular formula is C16H27N3. The van der Waals surface area contributed by atoms with E-state index in [1.807, 2.05) is 7.05 Å². The molecule has 0 radical (unpaired) electrons. The lowest BCUT2D eigenvalue weighted by Gasteiger charge is -2.34. The van der Waals surface area contributed by atoms with Crippen LogP contribution in [-0.4, -0.2) is 49.6 Å². The van der Waals surface area contributed by atoms with Crippen molar-refractivity contribution >= 4 is 0 Å². The summed E-state index contributed by atoms with van der Waals surface area (Å²) in [6, 6.07) is 8.95. The highest BCUT2D eigenvalue weighted by Gasteiger charge is 2.15. The van der Waals surface area contributed by atoms with Gasteiger partial charge in [-0.2, -0.15) is 0 Å². The van der Waals surface area contributed by atoms with Gasteiger partial charge in [0.25, 0.3) is 0 Å². The first-order valence-corrected chi connectivity index (χ1v) is 7.49. The van der Waals surface area contributed by atoms with Gasteiger partial charge < -0.3 is 10.2 Å². The van der Waals surface area contributed by atoms with Gasteiger partial charge in [-0.25, -0.2) is 0 Å². The number of rotatable bonds is 6. The third kappa shape index (κ3) is 4.60. The molecule has 0 bridgehead atoms. The van der Waals surface area contributed by atoms with Crippen molar-refractivity contribution in [1.82, 2.24) is 15.1 Å². The van der Waals surface area contributed by atoms with Crippen LogP contribution in [0, 0.1) is 0 Å². The summed E-state index contributed by atoms with van der Waals surface area (Å²) in [5.41, 5.74) is 2.82. The van der Waals surface area contributed by atoms with Gasteiger partial charge in [0.05, 0.1) is 0 Å². The molecule has 3 heteroatoms. The molecule has 0 amide bonds. The number of hydrogen-bond donors (Lipinski definition) is 1. The Balaban J connectivity index is 1.83. The summed E-state index contributed by atoms with van der Waals surface area (Å²) >= 11 is 0. The zero-order valence-electron chi connectivity index (χ0n) is 12.4. The second-order valence-electron chi connectivity index (χ2n) is 5.47. The van der Waals surface area contributed by atoms with Crippen molar-refractivity contribution in [3.8, 4) is 0 Å². The number of hydrogen-bond acceptors (Lipinski definition) is 3. The monoisotopic (exact) mass is 261 g/mol. The largest absolute Gasteiger partial charge is 0.316 e. The third-order valence-corrected chi connectivity index (χ3v) is 3.78. The van der Waals surface area contributed by atoms with Gasteiger partial charge in [0.2, 0.25) is 0 Å². The van der Waals surface area contributed by atoms with Crippen molar-refractivity contribution in [2.45, 2.75) is 26.4 Å². The highest BCUT2D eigenvalue weighted by molar-refractivity contribution is 5.23. The predicted octanol–water partition coefficient (Wildman–Crippen LogP) is 1.93. The molecule has 1 N–H and O–H groups in total. The van der Waals surface area contributed by atoms with E-state index in [1.54, 1.807) is 0 Å². The fourth-order valence-electron chi connectivity index (χ4n) is 2.79. The summed E-state index contributed by atoms with van der Waals surface area (Å²) in [4.78, 5) is 5.15. The summed E-state index contributed by atoms with van der Waals surface area (Å²) in [7, 11) is 2.00. The van der Waals surface area contributed by atoms with Crippen molar-refractivity contribution in [2.75, 3.05) is 39.8 Å². The maximum atomic E-state index is 3.21. The van der Waals surface area contributed by atoms with Gasteiger partial charge in [0.1, 0.15) is 0 Å². The minimum Gasteiger partial charge on any atom is -0.316 e. The minimum atomic E-state index is 0.956. The van der Waals surface area contributed by atoms with E-state index in [-0.39, 0.29) is 0 Å². The standard InChI is InChI=1S/C16H27N3/c1-3-7-18-8-10-19(11-9-18)14-16-6-4-5-15(12-16)13-17-2/h4-6,12,17H,3,7-11,13-14H2,1-2H3. The Hall–Kier alpha value is -0.900. The highest BCUT2D eigenvalue weighted by Crippen LogP contribution is 2.11. The van der Waals surface area contributed by atoms with Crippen LogP contribution in [0.2, 0.25) is 0 Å². The highest BCUT2D eigenvalue weighted by atomic mass is 15.3. The zero-order valence-corrected chi connectivity index (χ0v) is 12.4. The van der Waals surface area contributed by atoms with Crippen LogP contribution in [-0.2, 0) is 13.1 Å². The molecule has 1 aromatic carbocycles. The number of nitrogens with one attached hydrogen (secondary N) is 1. The molecule has 0 aromatic heterocycles. The summed E-state index contributed by atoms with van der Waals surface area (Å²) in [6.45, 7) is 10.4. The Kier molecular flexibility index (Phi) is 5.83. The van der Waals surface area contributed by atoms with Crippen LogP contribution in [0.1, 0.15) is 24.5 Å². The Bertz CT molecular complexity index is 370. The molecule has 1 aromatic rings. The lowest BCUT2D eigenvalue weighted by molar-refractivity contribution is 0.127. The van der Waals surface area contributed by atoms with Crippen LogP contribution in [0.25, 0.3) is 0 Å². The van der Waals surface area contributed by atoms with E-state index < -0.39 is 0 Å². The summed E-state index contributed by atoms with van der Waals surface area (Å²) in [6.07, 6.45) is 1.27. The van der Waals surface area contributed by atoms with E-state index in [1.165, 1.54) is 50.3 Å². The van der Waals surface area contributed by atoms with Gasteiger partial charge in [0, 0.05) is 39.3 Å². The molecule has 1 heterocycles. The van der Waals surface area contributed by atoms with E-state index in [4.69, 9.17) is 0 Å². The molecule has 3 nitrogen and oxygen atoms in total. The third-order valence-electron chi connectivity index (χ3n) is 3.78. The molecule has 0 aliphatic carbocycles. The molecule has 1 aliphatic rings. The van der Waals surface area contributed by atoms with Crippen LogP contribution in [0.3, 0.4) is 0 Å². The Morgan fingerprint density at radius 3 is 2.42 bits per heavy atom. The predicted molar refractivity (Wildman–Crippen MR) is 81.2 cm³/mol. The molecule has 2 rings (SSSR count). The number of benzene rings is 1. The summed E-state index contributed by atoms with van der Waals surface area (Å²) < 4.78 is 0. The average molecular weight is 261 g/mol. The van der Waals surface area contributed by atoms with Crippen LogP contribution in [0.5, 0.6) is 0 Å². The van der Waals surface area contributed by atoms with E-state index in [2.05, 4.69) is 46.3 Å². The van der Waals surface area contributed by atoms with Crippen molar-refractivity contribution < 1.29 is 0 Å². The lowest BCUT2D eigenvalue weighted by Crippen LogP contribution is -2.45. The molecule has 19 heavy (non-hydrogen) atoms. The van der Waals surface area contributed by atoms with Crippen LogP contribution in [0.15, 0.2) is 24.3 Å². The molecule has 0 saturated carbocycles. The van der Waals surface area contributed by atoms with E-state index in [0.717, 1.165) is 13.1 Å². The first-order chi connectivity index (χ1) is 9.31. The zero-order chi connectivity index (χ0) is 13.5. The Morgan fingerprint density at radius 2 is 1.74 bits per heavy atom. The van der Waals surface area contributed by atoms with Crippen LogP contribution >= 0.6 is 0 Å². The Morgan fingerprint density at radius 1 is 1.05 bits per heavy atom. The normalized spacial score (nSPS) is 17.8. The molecule has 0 atom stereocenters. The summed E-state index contributed by atoms with van der Waals surface area (Å²) in [5, 5.41) is 3.21. The van der Waals surface area contributed by atoms with Gasteiger partial charge >= 0.3 is 0 Å². The molecule has 0 spiro atoms. The maximum Gasteiger partial charge on any atom is 0.0234 e. The summed E-state index contributed by atoms with van der Waals surface area (Å²) in [5.74, 6) is 0. The maximum absolute atomic E-state index is 3.21. The minimum absolute atomic E-state index is 0.956. The molecular weight excluding hydrogens is 234 g/mol. The van der Waals surface area contributed by atoms with Crippen molar-refractivity contribution in [2.24, 2.45) is 0 Å². The number of nitrogens with zero attached hydrogens (tertiary/aromatic N) is 2. The number of piperazine rings is 1. The molecule has 0 unspecified atom stereocenters. The van der Waals surface area contributed by atoms with Gasteiger partial charge in [0.15, 0.2) is 0 Å². The van der Waals surface area contributed by atoms with E-state index in [0.29, 0.717) is 0 Å². The molecule has 1 aliphatic heterocycles. The topological polar surface area (TPSA) is 18.5 Å². The average Bonchev–Trinajstić information content (AvgIpc) is 2.42. The second kappa shape index (κ2) is 7.63. The van der Waals surface area contributed by atoms with Crippen LogP contribution < -0.4 is 5.32 Å². The van der Waals surface area contributed by atoms with Gasteiger partial charge in [-0.3, -0.25) is 4.90 Å². The first kappa shape index (κ1) is 14.5. The molecule has 1 saturated heterocycles. The van der Waals surface area contributed by atoms with E-state index in [9.17, 15) is 0 Å². The SMILES string of the molecule is CCCN1CCN(Cc2cccc(CNC)c2)CC1. The molecule has 106 valence electrons. The fraction of sp³-hybridized carbons (Fsp3) is 0.625. The first-order valence-electron chi connectivity index (χ1n) is 7.49. The van der Waals surface area contributed by atoms with E-state index >= 15 is 0 Å². The smallest absolute Gasteiger partial charge is 0.0234 e. The van der Waals surface area contributed by atoms with Crippen LogP contribution in [0.4, 0.5) is 0 Å². The quantitative estimate of drug-likeness (QED) is 0.844.